The lowest BCUT2D eigenvalue weighted by Crippen LogP contribution is -2.11. The molecule has 6 nitrogen and oxygen atoms in total. The van der Waals surface area contributed by atoms with Crippen molar-refractivity contribution in [3.8, 4) is 6.07 Å². The minimum Gasteiger partial charge on any atom is -0.508 e. The smallest absolute Gasteiger partial charge is 0.225 e. The van der Waals surface area contributed by atoms with Crippen LogP contribution in [0.5, 0.6) is 0 Å². The number of aliphatic hydroxyl groups is 2. The molecule has 1 aliphatic carbocycles. The number of carbonyl (C=O) groups excluding carboxylic acids is 1. The Balaban J connectivity index is 0. The summed E-state index contributed by atoms with van der Waals surface area (Å²) in [6, 6.07) is 2.23. The zero-order valence-electron chi connectivity index (χ0n) is 17.0. The molecule has 1 aromatic heterocycles. The number of anilines is 1. The average Bonchev–Trinajstić information content (AvgIpc) is 3.06. The molecule has 0 unspecified atom stereocenters. The van der Waals surface area contributed by atoms with E-state index in [4.69, 9.17) is 5.11 Å². The molecule has 7 heteroatoms. The van der Waals surface area contributed by atoms with Crippen molar-refractivity contribution in [3.63, 3.8) is 0 Å². The highest BCUT2D eigenvalue weighted by Gasteiger charge is 2.21. The van der Waals surface area contributed by atoms with Crippen molar-refractivity contribution in [3.05, 3.63) is 52.6 Å². The highest BCUT2D eigenvalue weighted by molar-refractivity contribution is 7.16. The molecule has 2 rings (SSSR count). The summed E-state index contributed by atoms with van der Waals surface area (Å²) in [5.74, 6) is -0.110. The van der Waals surface area contributed by atoms with Gasteiger partial charge in [-0.3, -0.25) is 4.79 Å². The van der Waals surface area contributed by atoms with Gasteiger partial charge in [0.2, 0.25) is 5.91 Å². The number of amides is 1. The Kier molecular flexibility index (Phi) is 15.5. The Labute approximate surface area is 171 Å². The van der Waals surface area contributed by atoms with Crippen molar-refractivity contribution in [2.24, 2.45) is 0 Å². The van der Waals surface area contributed by atoms with Crippen LogP contribution >= 0.6 is 11.3 Å². The fraction of sp³-hybridized carbons (Fsp3) is 0.429. The van der Waals surface area contributed by atoms with Crippen molar-refractivity contribution >= 4 is 22.2 Å². The van der Waals surface area contributed by atoms with Crippen LogP contribution in [0.2, 0.25) is 0 Å². The number of thiophene rings is 1. The third-order valence-electron chi connectivity index (χ3n) is 3.77. The molecular weight excluding hydrogens is 376 g/mol. The fourth-order valence-corrected chi connectivity index (χ4v) is 3.83. The van der Waals surface area contributed by atoms with Crippen LogP contribution in [0.1, 0.15) is 55.5 Å². The maximum absolute atomic E-state index is 12.1. The third-order valence-corrected chi connectivity index (χ3v) is 4.98. The maximum atomic E-state index is 12.1. The third kappa shape index (κ3) is 8.53. The zero-order chi connectivity index (χ0) is 20.8. The van der Waals surface area contributed by atoms with E-state index in [1.54, 1.807) is 0 Å². The van der Waals surface area contributed by atoms with Gasteiger partial charge in [0.15, 0.2) is 0 Å². The van der Waals surface area contributed by atoms with Gasteiger partial charge in [-0.2, -0.15) is 5.26 Å². The van der Waals surface area contributed by atoms with E-state index in [0.717, 1.165) is 38.4 Å². The number of aryl methyl sites for hydroxylation is 1. The predicted octanol–water partition coefficient (Wildman–Crippen LogP) is 4.21. The molecule has 5 N–H and O–H groups in total. The van der Waals surface area contributed by atoms with Crippen molar-refractivity contribution < 1.29 is 20.5 Å². The molecule has 0 aromatic carbocycles. The average molecular weight is 409 g/mol. The molecule has 1 heterocycles. The molecule has 1 aliphatic rings. The summed E-state index contributed by atoms with van der Waals surface area (Å²) in [7, 11) is 1.00. The maximum Gasteiger partial charge on any atom is 0.225 e. The number of nitriles is 1. The van der Waals surface area contributed by atoms with Crippen LogP contribution in [-0.4, -0.2) is 28.7 Å². The van der Waals surface area contributed by atoms with Crippen molar-refractivity contribution in [1.82, 2.24) is 0 Å². The van der Waals surface area contributed by atoms with Gasteiger partial charge in [0, 0.05) is 18.4 Å². The van der Waals surface area contributed by atoms with Crippen LogP contribution in [0.25, 0.3) is 0 Å². The Morgan fingerprint density at radius 1 is 1.29 bits per heavy atom. The SMILES string of the molecule is C=C/C(O)=C\C(=C)CCC(=O)Nc1sc2c(c1C#N)CCCC2.CC.CO.O. The standard InChI is InChI=1S/C18H20N2O2S.C2H6.CH4O.H2O/c1-3-13(21)10-12(2)8-9-17(22)20-18-15(11-19)14-6-4-5-7-16(14)23-18;2*1-2;/h3,10,21H,1-2,4-9H2,(H,20,22);1-2H3;2H,1H3;1H2/b13-10+;;;. The lowest BCUT2D eigenvalue weighted by atomic mass is 9.96. The van der Waals surface area contributed by atoms with Crippen LogP contribution in [0, 0.1) is 11.3 Å². The molecule has 0 fully saturated rings. The van der Waals surface area contributed by atoms with Gasteiger partial charge in [-0.25, -0.2) is 0 Å². The second-order valence-corrected chi connectivity index (χ2v) is 6.61. The van der Waals surface area contributed by atoms with Gasteiger partial charge in [0.25, 0.3) is 0 Å². The Bertz CT molecular complexity index is 715. The lowest BCUT2D eigenvalue weighted by molar-refractivity contribution is -0.116. The van der Waals surface area contributed by atoms with Gasteiger partial charge in [-0.1, -0.05) is 32.6 Å². The number of carbonyl (C=O) groups is 1. The van der Waals surface area contributed by atoms with Crippen LogP contribution in [0.15, 0.2) is 36.6 Å². The van der Waals surface area contributed by atoms with E-state index in [1.807, 2.05) is 13.8 Å². The van der Waals surface area contributed by atoms with Crippen LogP contribution in [-0.2, 0) is 17.6 Å². The number of fused-ring (bicyclic) bond motifs is 1. The van der Waals surface area contributed by atoms with E-state index in [2.05, 4.69) is 24.5 Å². The molecule has 0 radical (unpaired) electrons. The molecule has 0 spiro atoms. The Morgan fingerprint density at radius 3 is 2.46 bits per heavy atom. The number of hydrogen-bond acceptors (Lipinski definition) is 5. The first-order chi connectivity index (χ1) is 13.0. The minimum absolute atomic E-state index is 0. The number of rotatable bonds is 6. The largest absolute Gasteiger partial charge is 0.508 e. The molecule has 0 aliphatic heterocycles. The summed E-state index contributed by atoms with van der Waals surface area (Å²) in [4.78, 5) is 13.3. The van der Waals surface area contributed by atoms with E-state index < -0.39 is 0 Å². The summed E-state index contributed by atoms with van der Waals surface area (Å²) in [5.41, 5.74) is 2.40. The summed E-state index contributed by atoms with van der Waals surface area (Å²) < 4.78 is 0. The van der Waals surface area contributed by atoms with Gasteiger partial charge in [-0.15, -0.1) is 11.3 Å². The van der Waals surface area contributed by atoms with E-state index in [9.17, 15) is 15.2 Å². The minimum atomic E-state index is -0.146. The second kappa shape index (κ2) is 15.6. The van der Waals surface area contributed by atoms with E-state index in [0.29, 0.717) is 22.6 Å². The zero-order valence-corrected chi connectivity index (χ0v) is 17.8. The molecule has 1 amide bonds. The van der Waals surface area contributed by atoms with E-state index in [1.165, 1.54) is 28.4 Å². The number of aliphatic hydroxyl groups excluding tert-OH is 2. The topological polar surface area (TPSA) is 125 Å². The number of nitrogens with one attached hydrogen (secondary N) is 1. The van der Waals surface area contributed by atoms with E-state index in [-0.39, 0.29) is 23.6 Å². The lowest BCUT2D eigenvalue weighted by Gasteiger charge is -2.09. The summed E-state index contributed by atoms with van der Waals surface area (Å²) in [5, 5.41) is 29.2. The normalized spacial score (nSPS) is 11.8. The van der Waals surface area contributed by atoms with E-state index >= 15 is 0 Å². The molecule has 0 atom stereocenters. The fourth-order valence-electron chi connectivity index (χ4n) is 2.58. The quantitative estimate of drug-likeness (QED) is 0.481. The predicted molar refractivity (Wildman–Crippen MR) is 117 cm³/mol. The first-order valence-corrected chi connectivity index (χ1v) is 9.87. The van der Waals surface area contributed by atoms with Crippen LogP contribution < -0.4 is 5.32 Å². The van der Waals surface area contributed by atoms with Gasteiger partial charge < -0.3 is 21.0 Å². The Morgan fingerprint density at radius 2 is 1.89 bits per heavy atom. The van der Waals surface area contributed by atoms with Gasteiger partial charge in [0.1, 0.15) is 16.8 Å². The highest BCUT2D eigenvalue weighted by atomic mass is 32.1. The second-order valence-electron chi connectivity index (χ2n) is 5.51. The van der Waals surface area contributed by atoms with Crippen LogP contribution in [0.3, 0.4) is 0 Å². The molecule has 156 valence electrons. The number of allylic oxidation sites excluding steroid dienone is 3. The molecule has 28 heavy (non-hydrogen) atoms. The highest BCUT2D eigenvalue weighted by Crippen LogP contribution is 2.37. The van der Waals surface area contributed by atoms with Gasteiger partial charge in [0.05, 0.1) is 5.56 Å². The summed E-state index contributed by atoms with van der Waals surface area (Å²) in [6.45, 7) is 11.2. The molecule has 0 bridgehead atoms. The first-order valence-electron chi connectivity index (χ1n) is 9.05. The molecule has 0 saturated carbocycles. The van der Waals surface area contributed by atoms with Crippen LogP contribution in [0.4, 0.5) is 5.00 Å². The Hall–Kier alpha value is -2.40. The molecular formula is C21H32N2O4S. The summed E-state index contributed by atoms with van der Waals surface area (Å²) >= 11 is 1.52. The number of nitrogens with zero attached hydrogens (tertiary/aromatic N) is 1. The van der Waals surface area contributed by atoms with Crippen molar-refractivity contribution in [2.45, 2.75) is 52.4 Å². The van der Waals surface area contributed by atoms with Crippen molar-refractivity contribution in [2.75, 3.05) is 12.4 Å². The van der Waals surface area contributed by atoms with Gasteiger partial charge >= 0.3 is 0 Å². The van der Waals surface area contributed by atoms with Gasteiger partial charge in [-0.05, 0) is 49.8 Å². The molecule has 1 aromatic rings. The van der Waals surface area contributed by atoms with Crippen molar-refractivity contribution in [1.29, 1.82) is 5.26 Å². The monoisotopic (exact) mass is 408 g/mol. The number of hydrogen-bond donors (Lipinski definition) is 3. The summed E-state index contributed by atoms with van der Waals surface area (Å²) in [6.07, 6.45) is 7.67. The first kappa shape index (κ1) is 27.8. The molecule has 0 saturated heterocycles.